The molecule has 3 aromatic rings. The summed E-state index contributed by atoms with van der Waals surface area (Å²) >= 11 is 2.97. The summed E-state index contributed by atoms with van der Waals surface area (Å²) < 4.78 is 1.21. The Morgan fingerprint density at radius 2 is 2.07 bits per heavy atom. The number of thiophene rings is 2. The molecule has 0 saturated heterocycles. The van der Waals surface area contributed by atoms with Crippen LogP contribution in [-0.4, -0.2) is 26.8 Å². The van der Waals surface area contributed by atoms with Gasteiger partial charge in [0, 0.05) is 28.6 Å². The van der Waals surface area contributed by atoms with E-state index in [0.29, 0.717) is 4.88 Å². The van der Waals surface area contributed by atoms with Crippen molar-refractivity contribution < 1.29 is 19.8 Å². The van der Waals surface area contributed by atoms with Crippen molar-refractivity contribution in [3.8, 4) is 16.2 Å². The highest BCUT2D eigenvalue weighted by atomic mass is 32.1. The number of hydrogen-bond acceptors (Lipinski definition) is 6. The van der Waals surface area contributed by atoms with Crippen molar-refractivity contribution in [3.63, 3.8) is 0 Å². The minimum absolute atomic E-state index is 0.275. The van der Waals surface area contributed by atoms with Gasteiger partial charge in [-0.2, -0.15) is 11.3 Å². The number of aromatic hydroxyl groups is 1. The molecule has 29 heavy (non-hydrogen) atoms. The van der Waals surface area contributed by atoms with Gasteiger partial charge in [0.25, 0.3) is 5.56 Å². The van der Waals surface area contributed by atoms with Crippen LogP contribution in [0.4, 0.5) is 10.5 Å². The molecule has 3 rings (SSSR count). The summed E-state index contributed by atoms with van der Waals surface area (Å²) in [6, 6.07) is 3.64. The third-order valence-electron chi connectivity index (χ3n) is 4.25. The number of aryl methyl sites for hydroxylation is 2. The number of pyridine rings is 1. The van der Waals surface area contributed by atoms with Crippen molar-refractivity contribution >= 4 is 40.4 Å². The number of carbonyl (C=O) groups is 2. The topological polar surface area (TPSA) is 121 Å². The third-order valence-corrected chi connectivity index (χ3v) is 6.33. The smallest absolute Gasteiger partial charge is 0.320 e. The second-order valence-corrected chi connectivity index (χ2v) is 8.27. The number of carboxylic acids is 1. The molecule has 0 radical (unpaired) electrons. The summed E-state index contributed by atoms with van der Waals surface area (Å²) in [5, 5.41) is 28.0. The zero-order valence-corrected chi connectivity index (χ0v) is 17.3. The van der Waals surface area contributed by atoms with Crippen LogP contribution in [0.1, 0.15) is 22.9 Å². The lowest BCUT2D eigenvalue weighted by Gasteiger charge is -2.17. The van der Waals surface area contributed by atoms with Gasteiger partial charge in [0.15, 0.2) is 5.69 Å². The molecule has 0 fully saturated rings. The van der Waals surface area contributed by atoms with E-state index in [1.165, 1.54) is 35.2 Å². The van der Waals surface area contributed by atoms with Crippen molar-refractivity contribution in [2.24, 2.45) is 7.05 Å². The predicted molar refractivity (Wildman–Crippen MR) is 113 cm³/mol. The molecule has 3 heterocycles. The first-order valence-corrected chi connectivity index (χ1v) is 10.3. The molecule has 0 aliphatic rings. The quantitative estimate of drug-likeness (QED) is 0.474. The third kappa shape index (κ3) is 4.66. The molecule has 8 nitrogen and oxygen atoms in total. The van der Waals surface area contributed by atoms with Crippen LogP contribution in [0.25, 0.3) is 10.4 Å². The Kier molecular flexibility index (Phi) is 6.04. The van der Waals surface area contributed by atoms with Crippen molar-refractivity contribution in [1.82, 2.24) is 9.88 Å². The number of anilines is 1. The summed E-state index contributed by atoms with van der Waals surface area (Å²) in [6.45, 7) is 1.86. The van der Waals surface area contributed by atoms with Gasteiger partial charge in [-0.3, -0.25) is 9.59 Å². The average Bonchev–Trinajstić information content (AvgIpc) is 3.30. The van der Waals surface area contributed by atoms with Crippen LogP contribution in [-0.2, 0) is 11.8 Å². The number of aromatic nitrogens is 1. The summed E-state index contributed by atoms with van der Waals surface area (Å²) in [7, 11) is 1.49. The molecule has 0 aliphatic carbocycles. The summed E-state index contributed by atoms with van der Waals surface area (Å²) in [5.41, 5.74) is 1.04. The summed E-state index contributed by atoms with van der Waals surface area (Å²) in [5.74, 6) is -1.44. The molecule has 0 spiro atoms. The summed E-state index contributed by atoms with van der Waals surface area (Å²) in [6.07, 6.45) is 1.05. The Balaban J connectivity index is 1.85. The van der Waals surface area contributed by atoms with E-state index in [9.17, 15) is 24.6 Å². The highest BCUT2D eigenvalue weighted by molar-refractivity contribution is 7.16. The van der Waals surface area contributed by atoms with Crippen LogP contribution in [0.15, 0.2) is 40.0 Å². The molecule has 3 aromatic heterocycles. The van der Waals surface area contributed by atoms with E-state index in [-0.39, 0.29) is 17.9 Å². The molecule has 0 unspecified atom stereocenters. The molecule has 152 valence electrons. The maximum atomic E-state index is 12.5. The Morgan fingerprint density at radius 1 is 1.31 bits per heavy atom. The fourth-order valence-corrected chi connectivity index (χ4v) is 4.77. The number of urea groups is 1. The first-order chi connectivity index (χ1) is 13.8. The van der Waals surface area contributed by atoms with E-state index in [2.05, 4.69) is 10.6 Å². The van der Waals surface area contributed by atoms with Gasteiger partial charge in [0.2, 0.25) is 0 Å². The van der Waals surface area contributed by atoms with Crippen molar-refractivity contribution in [2.45, 2.75) is 19.4 Å². The molecule has 4 N–H and O–H groups in total. The normalized spacial score (nSPS) is 11.8. The van der Waals surface area contributed by atoms with E-state index in [0.717, 1.165) is 16.0 Å². The van der Waals surface area contributed by atoms with Gasteiger partial charge in [0.1, 0.15) is 5.75 Å². The van der Waals surface area contributed by atoms with Gasteiger partial charge in [-0.1, -0.05) is 0 Å². The largest absolute Gasteiger partial charge is 0.505 e. The van der Waals surface area contributed by atoms with Crippen LogP contribution < -0.4 is 16.2 Å². The fourth-order valence-electron chi connectivity index (χ4n) is 2.82. The molecule has 0 saturated carbocycles. The standard InChI is InChI=1S/C19H19N3O5S2/c1-10-7-14(11-4-6-28-9-11)29-17(10)12(8-15(24)25)20-19(27)21-16-13(23)3-5-22(2)18(16)26/h3-7,9,12,23H,8H2,1-2H3,(H,24,25)(H2,20,21,27)/t12-/m0/s1. The van der Waals surface area contributed by atoms with Crippen molar-refractivity contribution in [2.75, 3.05) is 5.32 Å². The number of aliphatic carboxylic acids is 1. The van der Waals surface area contributed by atoms with Gasteiger partial charge in [-0.25, -0.2) is 4.79 Å². The number of amides is 2. The lowest BCUT2D eigenvalue weighted by Crippen LogP contribution is -2.35. The van der Waals surface area contributed by atoms with Crippen LogP contribution in [0.2, 0.25) is 0 Å². The fraction of sp³-hybridized carbons (Fsp3) is 0.211. The average molecular weight is 434 g/mol. The Labute approximate surface area is 174 Å². The van der Waals surface area contributed by atoms with Crippen molar-refractivity contribution in [3.05, 3.63) is 56.0 Å². The first-order valence-electron chi connectivity index (χ1n) is 8.57. The molecule has 1 atom stereocenters. The molecule has 2 amide bonds. The Morgan fingerprint density at radius 3 is 2.72 bits per heavy atom. The molecule has 0 aromatic carbocycles. The first kappa shape index (κ1) is 20.6. The monoisotopic (exact) mass is 433 g/mol. The minimum Gasteiger partial charge on any atom is -0.505 e. The zero-order valence-electron chi connectivity index (χ0n) is 15.6. The van der Waals surface area contributed by atoms with Crippen LogP contribution in [0.3, 0.4) is 0 Å². The lowest BCUT2D eigenvalue weighted by molar-refractivity contribution is -0.137. The van der Waals surface area contributed by atoms with E-state index >= 15 is 0 Å². The number of nitrogens with zero attached hydrogens (tertiary/aromatic N) is 1. The number of carbonyl (C=O) groups excluding carboxylic acids is 1. The van der Waals surface area contributed by atoms with Gasteiger partial charge < -0.3 is 25.4 Å². The second-order valence-electron chi connectivity index (χ2n) is 6.41. The van der Waals surface area contributed by atoms with E-state index in [1.807, 2.05) is 29.8 Å². The number of nitrogens with one attached hydrogen (secondary N) is 2. The maximum Gasteiger partial charge on any atom is 0.320 e. The van der Waals surface area contributed by atoms with E-state index in [1.54, 1.807) is 11.3 Å². The van der Waals surface area contributed by atoms with Gasteiger partial charge in [-0.05, 0) is 41.4 Å². The SMILES string of the molecule is Cc1cc(-c2ccsc2)sc1[C@H](CC(=O)O)NC(=O)Nc1c(O)ccn(C)c1=O. The van der Waals surface area contributed by atoms with E-state index < -0.39 is 23.6 Å². The molecule has 10 heteroatoms. The maximum absolute atomic E-state index is 12.5. The summed E-state index contributed by atoms with van der Waals surface area (Å²) in [4.78, 5) is 37.6. The van der Waals surface area contributed by atoms with Crippen molar-refractivity contribution in [1.29, 1.82) is 0 Å². The van der Waals surface area contributed by atoms with E-state index in [4.69, 9.17) is 0 Å². The number of hydrogen-bond donors (Lipinski definition) is 4. The van der Waals surface area contributed by atoms with Gasteiger partial charge in [0.05, 0.1) is 12.5 Å². The molecular formula is C19H19N3O5S2. The van der Waals surface area contributed by atoms with Crippen LogP contribution in [0.5, 0.6) is 5.75 Å². The van der Waals surface area contributed by atoms with Crippen LogP contribution in [0, 0.1) is 6.92 Å². The lowest BCUT2D eigenvalue weighted by atomic mass is 10.1. The highest BCUT2D eigenvalue weighted by Crippen LogP contribution is 2.36. The van der Waals surface area contributed by atoms with Crippen LogP contribution >= 0.6 is 22.7 Å². The molecular weight excluding hydrogens is 414 g/mol. The Hall–Kier alpha value is -3.11. The predicted octanol–water partition coefficient (Wildman–Crippen LogP) is 3.53. The van der Waals surface area contributed by atoms with Gasteiger partial charge >= 0.3 is 12.0 Å². The Bertz CT molecular complexity index is 1100. The van der Waals surface area contributed by atoms with Gasteiger partial charge in [-0.15, -0.1) is 11.3 Å². The second kappa shape index (κ2) is 8.50. The molecule has 0 bridgehead atoms. The highest BCUT2D eigenvalue weighted by Gasteiger charge is 2.23. The minimum atomic E-state index is -1.07. The number of rotatable bonds is 6. The zero-order chi connectivity index (χ0) is 21.1. The number of carboxylic acid groups (broad SMARTS) is 1. The molecule has 0 aliphatic heterocycles.